The number of hydrogen-bond acceptors (Lipinski definition) is 8. The van der Waals surface area contributed by atoms with E-state index in [0.717, 1.165) is 30.4 Å². The van der Waals surface area contributed by atoms with Crippen molar-refractivity contribution in [2.75, 3.05) is 37.3 Å². The molecule has 0 bridgehead atoms. The molecule has 1 saturated heterocycles. The molecule has 0 radical (unpaired) electrons. The summed E-state index contributed by atoms with van der Waals surface area (Å²) in [5.74, 6) is 0.472. The Morgan fingerprint density at radius 2 is 1.89 bits per heavy atom. The normalized spacial score (nSPS) is 16.1. The number of likely N-dealkylation sites (tertiary alicyclic amines) is 1. The van der Waals surface area contributed by atoms with Gasteiger partial charge < -0.3 is 15.0 Å². The van der Waals surface area contributed by atoms with Gasteiger partial charge in [0.15, 0.2) is 4.90 Å². The maximum atomic E-state index is 13.2. The van der Waals surface area contributed by atoms with Gasteiger partial charge in [0.2, 0.25) is 11.8 Å². The van der Waals surface area contributed by atoms with Crippen LogP contribution >= 0.6 is 34.8 Å². The van der Waals surface area contributed by atoms with Gasteiger partial charge in [-0.2, -0.15) is 0 Å². The molecule has 4 aromatic rings. The Labute approximate surface area is 235 Å². The van der Waals surface area contributed by atoms with Crippen LogP contribution in [0.5, 0.6) is 5.88 Å². The van der Waals surface area contributed by atoms with Crippen molar-refractivity contribution in [1.82, 2.24) is 19.9 Å². The highest BCUT2D eigenvalue weighted by atomic mass is 35.5. The van der Waals surface area contributed by atoms with Crippen LogP contribution in [-0.2, 0) is 10.0 Å². The van der Waals surface area contributed by atoms with E-state index in [-0.39, 0.29) is 26.5 Å². The molecule has 9 nitrogen and oxygen atoms in total. The molecule has 1 unspecified atom stereocenters. The first-order valence-corrected chi connectivity index (χ1v) is 14.2. The summed E-state index contributed by atoms with van der Waals surface area (Å²) in [6, 6.07) is 10.2. The molecular weight excluding hydrogens is 571 g/mol. The predicted molar refractivity (Wildman–Crippen MR) is 151 cm³/mol. The van der Waals surface area contributed by atoms with Gasteiger partial charge in [-0.05, 0) is 55.9 Å². The summed E-state index contributed by atoms with van der Waals surface area (Å²) in [7, 11) is -0.738. The summed E-state index contributed by atoms with van der Waals surface area (Å²) in [6.07, 6.45) is 4.07. The Kier molecular flexibility index (Phi) is 7.52. The maximum Gasteiger partial charge on any atom is 0.267 e. The minimum Gasteiger partial charge on any atom is -0.480 e. The number of sulfonamides is 1. The Morgan fingerprint density at radius 1 is 1.08 bits per heavy atom. The quantitative estimate of drug-likeness (QED) is 0.286. The number of nitrogens with zero attached hydrogens (tertiary/aromatic N) is 4. The van der Waals surface area contributed by atoms with E-state index in [2.05, 4.69) is 36.9 Å². The minimum atomic E-state index is -4.15. The van der Waals surface area contributed by atoms with E-state index in [1.165, 1.54) is 25.4 Å². The van der Waals surface area contributed by atoms with Crippen LogP contribution in [-0.4, -0.2) is 61.6 Å². The number of pyridine rings is 1. The number of ether oxygens (including phenoxy) is 1. The van der Waals surface area contributed by atoms with Gasteiger partial charge in [-0.3, -0.25) is 4.72 Å². The predicted octanol–water partition coefficient (Wildman–Crippen LogP) is 5.58. The third-order valence-electron chi connectivity index (χ3n) is 6.20. The zero-order valence-electron chi connectivity index (χ0n) is 20.4. The minimum absolute atomic E-state index is 0.101. The zero-order valence-corrected chi connectivity index (χ0v) is 23.5. The van der Waals surface area contributed by atoms with E-state index < -0.39 is 10.0 Å². The Morgan fingerprint density at radius 3 is 2.63 bits per heavy atom. The van der Waals surface area contributed by atoms with E-state index in [4.69, 9.17) is 39.5 Å². The lowest BCUT2D eigenvalue weighted by Gasteiger charge is -2.16. The highest BCUT2D eigenvalue weighted by Crippen LogP contribution is 2.41. The van der Waals surface area contributed by atoms with E-state index >= 15 is 0 Å². The fourth-order valence-corrected chi connectivity index (χ4v) is 6.48. The first-order valence-electron chi connectivity index (χ1n) is 11.6. The second kappa shape index (κ2) is 10.7. The van der Waals surface area contributed by atoms with Gasteiger partial charge >= 0.3 is 0 Å². The van der Waals surface area contributed by atoms with Gasteiger partial charge in [0.1, 0.15) is 0 Å². The van der Waals surface area contributed by atoms with E-state index in [0.29, 0.717) is 28.1 Å². The summed E-state index contributed by atoms with van der Waals surface area (Å²) >= 11 is 19.2. The SMILES string of the molecule is COc1ncc(Cl)cc1S(=O)(=O)Nc1ccc(Cl)c(-c2ccc3nc(NC4CCN(C)C4)ncc3c2)c1Cl. The Balaban J connectivity index is 1.46. The van der Waals surface area contributed by atoms with Crippen molar-refractivity contribution in [3.63, 3.8) is 0 Å². The molecule has 38 heavy (non-hydrogen) atoms. The number of aromatic nitrogens is 3. The first-order chi connectivity index (χ1) is 18.1. The molecule has 1 fully saturated rings. The van der Waals surface area contributed by atoms with Gasteiger partial charge in [-0.25, -0.2) is 23.4 Å². The van der Waals surface area contributed by atoms with Crippen molar-refractivity contribution in [3.8, 4) is 17.0 Å². The average molecular weight is 594 g/mol. The highest BCUT2D eigenvalue weighted by molar-refractivity contribution is 7.92. The average Bonchev–Trinajstić information content (AvgIpc) is 3.30. The lowest BCUT2D eigenvalue weighted by molar-refractivity contribution is 0.385. The first kappa shape index (κ1) is 26.7. The third-order valence-corrected chi connectivity index (χ3v) is 8.47. The fourth-order valence-electron chi connectivity index (χ4n) is 4.34. The number of nitrogens with one attached hydrogen (secondary N) is 2. The van der Waals surface area contributed by atoms with Crippen molar-refractivity contribution < 1.29 is 13.2 Å². The number of halogens is 3. The molecule has 198 valence electrons. The van der Waals surface area contributed by atoms with Crippen LogP contribution in [0.2, 0.25) is 15.1 Å². The van der Waals surface area contributed by atoms with E-state index in [9.17, 15) is 8.42 Å². The van der Waals surface area contributed by atoms with E-state index in [1.54, 1.807) is 12.3 Å². The third kappa shape index (κ3) is 5.45. The molecule has 1 atom stereocenters. The lowest BCUT2D eigenvalue weighted by Crippen LogP contribution is -2.24. The number of anilines is 2. The van der Waals surface area contributed by atoms with Crippen LogP contribution in [0, 0.1) is 0 Å². The molecule has 2 N–H and O–H groups in total. The van der Waals surface area contributed by atoms with Crippen molar-refractivity contribution in [2.45, 2.75) is 17.4 Å². The van der Waals surface area contributed by atoms with Crippen LogP contribution in [0.1, 0.15) is 6.42 Å². The van der Waals surface area contributed by atoms with Crippen LogP contribution in [0.3, 0.4) is 0 Å². The molecule has 1 aliphatic heterocycles. The Hall–Kier alpha value is -2.89. The second-order valence-corrected chi connectivity index (χ2v) is 11.8. The molecule has 0 aliphatic carbocycles. The monoisotopic (exact) mass is 592 g/mol. The number of methoxy groups -OCH3 is 1. The molecule has 3 heterocycles. The summed E-state index contributed by atoms with van der Waals surface area (Å²) in [4.78, 5) is 15.1. The summed E-state index contributed by atoms with van der Waals surface area (Å²) in [6.45, 7) is 1.98. The maximum absolute atomic E-state index is 13.2. The molecule has 0 spiro atoms. The molecule has 2 aromatic carbocycles. The highest BCUT2D eigenvalue weighted by Gasteiger charge is 2.24. The van der Waals surface area contributed by atoms with Crippen LogP contribution in [0.15, 0.2) is 53.7 Å². The molecule has 2 aromatic heterocycles. The van der Waals surface area contributed by atoms with Crippen LogP contribution in [0.25, 0.3) is 22.0 Å². The smallest absolute Gasteiger partial charge is 0.267 e. The van der Waals surface area contributed by atoms with Crippen molar-refractivity contribution in [2.24, 2.45) is 0 Å². The number of benzene rings is 2. The molecular formula is C25H23Cl3N6O3S. The molecule has 13 heteroatoms. The van der Waals surface area contributed by atoms with Gasteiger partial charge in [0.05, 0.1) is 33.4 Å². The molecule has 1 aliphatic rings. The molecule has 0 saturated carbocycles. The molecule has 5 rings (SSSR count). The largest absolute Gasteiger partial charge is 0.480 e. The Bertz CT molecular complexity index is 1640. The van der Waals surface area contributed by atoms with Gasteiger partial charge in [-0.15, -0.1) is 0 Å². The number of fused-ring (bicyclic) bond motifs is 1. The topological polar surface area (TPSA) is 109 Å². The van der Waals surface area contributed by atoms with Crippen LogP contribution in [0.4, 0.5) is 11.6 Å². The van der Waals surface area contributed by atoms with E-state index in [1.807, 2.05) is 18.2 Å². The number of likely N-dealkylation sites (N-methyl/N-ethyl adjacent to an activating group) is 1. The standard InChI is InChI=1S/C25H23Cl3N6O3S/c1-34-8-7-17(13-34)31-25-30-11-15-9-14(3-5-19(15)32-25)22-18(27)4-6-20(23(22)28)33-38(35,36)21-10-16(26)12-29-24(21)37-2/h3-6,9-12,17,33H,7-8,13H2,1-2H3,(H,30,31,32). The zero-order chi connectivity index (χ0) is 27.0. The molecule has 0 amide bonds. The van der Waals surface area contributed by atoms with Crippen molar-refractivity contribution in [1.29, 1.82) is 0 Å². The van der Waals surface area contributed by atoms with Crippen LogP contribution < -0.4 is 14.8 Å². The van der Waals surface area contributed by atoms with Gasteiger partial charge in [0.25, 0.3) is 10.0 Å². The van der Waals surface area contributed by atoms with Gasteiger partial charge in [0, 0.05) is 35.9 Å². The summed E-state index contributed by atoms with van der Waals surface area (Å²) < 4.78 is 33.9. The summed E-state index contributed by atoms with van der Waals surface area (Å²) in [5, 5.41) is 4.79. The lowest BCUT2D eigenvalue weighted by atomic mass is 10.0. The van der Waals surface area contributed by atoms with Crippen molar-refractivity contribution in [3.05, 3.63) is 63.9 Å². The second-order valence-electron chi connectivity index (χ2n) is 8.91. The summed E-state index contributed by atoms with van der Waals surface area (Å²) in [5.41, 5.74) is 2.02. The van der Waals surface area contributed by atoms with Crippen molar-refractivity contribution >= 4 is 67.4 Å². The number of rotatable bonds is 7. The van der Waals surface area contributed by atoms with Gasteiger partial charge in [-0.1, -0.05) is 40.9 Å². The number of hydrogen-bond donors (Lipinski definition) is 2. The fraction of sp³-hybridized carbons (Fsp3) is 0.240.